The van der Waals surface area contributed by atoms with Gasteiger partial charge in [0.2, 0.25) is 5.58 Å². The lowest BCUT2D eigenvalue weighted by Crippen LogP contribution is -2.31. The second-order valence-electron chi connectivity index (χ2n) is 6.98. The molecule has 0 spiro atoms. The Hall–Kier alpha value is -1.66. The maximum atomic E-state index is 12.5. The Bertz CT molecular complexity index is 979. The molecule has 3 heterocycles. The molecule has 0 radical (unpaired) electrons. The van der Waals surface area contributed by atoms with Crippen molar-refractivity contribution < 1.29 is 4.42 Å². The molecule has 2 aromatic heterocycles. The molecule has 0 bridgehead atoms. The van der Waals surface area contributed by atoms with Crippen LogP contribution in [-0.4, -0.2) is 16.0 Å². The minimum atomic E-state index is -0.195. The minimum Gasteiger partial charge on any atom is -0.449 e. The van der Waals surface area contributed by atoms with Gasteiger partial charge in [-0.3, -0.25) is 4.79 Å². The van der Waals surface area contributed by atoms with Gasteiger partial charge in [-0.25, -0.2) is 4.98 Å². The van der Waals surface area contributed by atoms with Crippen molar-refractivity contribution in [2.45, 2.75) is 44.2 Å². The monoisotopic (exact) mass is 387 g/mol. The van der Waals surface area contributed by atoms with Crippen molar-refractivity contribution in [2.24, 2.45) is 5.92 Å². The van der Waals surface area contributed by atoms with Crippen molar-refractivity contribution in [3.8, 4) is 0 Å². The molecule has 2 N–H and O–H groups in total. The molecule has 1 saturated carbocycles. The predicted octanol–water partition coefficient (Wildman–Crippen LogP) is 4.03. The third-order valence-corrected chi connectivity index (χ3v) is 5.99. The van der Waals surface area contributed by atoms with E-state index in [1.807, 2.05) is 18.2 Å². The lowest BCUT2D eigenvalue weighted by atomic mass is 9.85. The zero-order valence-corrected chi connectivity index (χ0v) is 14.7. The smallest absolute Gasteiger partial charge is 0.294 e. The average Bonchev–Trinajstić information content (AvgIpc) is 3.16. The predicted molar refractivity (Wildman–Crippen MR) is 96.1 cm³/mol. The zero-order chi connectivity index (χ0) is 16.3. The molecule has 2 aliphatic rings. The van der Waals surface area contributed by atoms with Gasteiger partial charge < -0.3 is 14.7 Å². The summed E-state index contributed by atoms with van der Waals surface area (Å²) in [6.07, 6.45) is 6.18. The Morgan fingerprint density at radius 2 is 2.12 bits per heavy atom. The van der Waals surface area contributed by atoms with E-state index in [1.165, 1.54) is 25.7 Å². The second-order valence-corrected chi connectivity index (χ2v) is 7.89. The molecule has 124 valence electrons. The first-order valence-electron chi connectivity index (χ1n) is 8.57. The van der Waals surface area contributed by atoms with Crippen molar-refractivity contribution in [1.82, 2.24) is 15.3 Å². The fraction of sp³-hybridized carbons (Fsp3) is 0.444. The third-order valence-electron chi connectivity index (χ3n) is 5.50. The van der Waals surface area contributed by atoms with Gasteiger partial charge in [-0.05, 0) is 43.4 Å². The Kier molecular flexibility index (Phi) is 3.31. The molecular weight excluding hydrogens is 370 g/mol. The summed E-state index contributed by atoms with van der Waals surface area (Å²) in [7, 11) is 0. The molecule has 3 aromatic rings. The van der Waals surface area contributed by atoms with Gasteiger partial charge in [0, 0.05) is 15.9 Å². The number of furan rings is 1. The van der Waals surface area contributed by atoms with Crippen LogP contribution in [0.4, 0.5) is 0 Å². The Balaban J connectivity index is 1.63. The lowest BCUT2D eigenvalue weighted by Gasteiger charge is -2.24. The number of halogens is 1. The van der Waals surface area contributed by atoms with Gasteiger partial charge in [-0.15, -0.1) is 0 Å². The number of benzene rings is 1. The molecule has 1 aliphatic heterocycles. The summed E-state index contributed by atoms with van der Waals surface area (Å²) in [5, 5.41) is 4.56. The molecule has 1 saturated heterocycles. The van der Waals surface area contributed by atoms with Crippen LogP contribution >= 0.6 is 15.9 Å². The van der Waals surface area contributed by atoms with E-state index in [9.17, 15) is 4.79 Å². The van der Waals surface area contributed by atoms with Crippen molar-refractivity contribution in [2.75, 3.05) is 0 Å². The Labute approximate surface area is 147 Å². The summed E-state index contributed by atoms with van der Waals surface area (Å²) >= 11 is 3.48. The molecular formula is C18H18BrN3O2. The van der Waals surface area contributed by atoms with Gasteiger partial charge in [-0.1, -0.05) is 28.8 Å². The highest BCUT2D eigenvalue weighted by Gasteiger charge is 2.37. The molecule has 6 heteroatoms. The molecule has 1 aromatic carbocycles. The van der Waals surface area contributed by atoms with E-state index >= 15 is 0 Å². The third kappa shape index (κ3) is 2.24. The Morgan fingerprint density at radius 3 is 3.00 bits per heavy atom. The van der Waals surface area contributed by atoms with Crippen molar-refractivity contribution in [1.29, 1.82) is 0 Å². The maximum absolute atomic E-state index is 12.5. The summed E-state index contributed by atoms with van der Waals surface area (Å²) in [6.45, 7) is 0. The van der Waals surface area contributed by atoms with Crippen LogP contribution in [0.1, 0.15) is 44.0 Å². The SMILES string of the molecule is O=c1[nH]c([C@@H]2CC3CCCCC3N2)nc2c1oc1ccc(Br)cc12. The summed E-state index contributed by atoms with van der Waals surface area (Å²) in [4.78, 5) is 20.2. The molecule has 2 unspecified atom stereocenters. The van der Waals surface area contributed by atoms with E-state index in [2.05, 4.69) is 26.2 Å². The van der Waals surface area contributed by atoms with Crippen LogP contribution in [0.2, 0.25) is 0 Å². The molecule has 1 aliphatic carbocycles. The average molecular weight is 388 g/mol. The maximum Gasteiger partial charge on any atom is 0.294 e. The van der Waals surface area contributed by atoms with Crippen LogP contribution in [0.25, 0.3) is 22.1 Å². The molecule has 5 rings (SSSR count). The number of H-pyrrole nitrogens is 1. The van der Waals surface area contributed by atoms with Crippen molar-refractivity contribution >= 4 is 38.0 Å². The highest BCUT2D eigenvalue weighted by Crippen LogP contribution is 2.38. The van der Waals surface area contributed by atoms with Gasteiger partial charge in [0.25, 0.3) is 5.56 Å². The summed E-state index contributed by atoms with van der Waals surface area (Å²) in [6, 6.07) is 6.43. The molecule has 3 atom stereocenters. The first-order chi connectivity index (χ1) is 11.7. The fourth-order valence-electron chi connectivity index (χ4n) is 4.34. The number of nitrogens with one attached hydrogen (secondary N) is 2. The van der Waals surface area contributed by atoms with Gasteiger partial charge in [0.15, 0.2) is 0 Å². The minimum absolute atomic E-state index is 0.132. The largest absolute Gasteiger partial charge is 0.449 e. The normalized spacial score (nSPS) is 27.0. The van der Waals surface area contributed by atoms with Crippen molar-refractivity contribution in [3.05, 3.63) is 38.9 Å². The molecule has 0 amide bonds. The second kappa shape index (κ2) is 5.43. The van der Waals surface area contributed by atoms with Gasteiger partial charge in [0.1, 0.15) is 16.9 Å². The van der Waals surface area contributed by atoms with Crippen LogP contribution in [-0.2, 0) is 0 Å². The lowest BCUT2D eigenvalue weighted by molar-refractivity contribution is 0.325. The molecule has 24 heavy (non-hydrogen) atoms. The number of rotatable bonds is 1. The van der Waals surface area contributed by atoms with Crippen LogP contribution in [0.3, 0.4) is 0 Å². The number of hydrogen-bond acceptors (Lipinski definition) is 4. The van der Waals surface area contributed by atoms with Gasteiger partial charge in [0.05, 0.1) is 6.04 Å². The molecule has 5 nitrogen and oxygen atoms in total. The van der Waals surface area contributed by atoms with Crippen LogP contribution in [0, 0.1) is 5.92 Å². The van der Waals surface area contributed by atoms with Gasteiger partial charge in [-0.2, -0.15) is 0 Å². The molecule has 2 fully saturated rings. The van der Waals surface area contributed by atoms with E-state index < -0.39 is 0 Å². The Morgan fingerprint density at radius 1 is 1.25 bits per heavy atom. The van der Waals surface area contributed by atoms with E-state index in [4.69, 9.17) is 9.40 Å². The summed E-state index contributed by atoms with van der Waals surface area (Å²) in [5.41, 5.74) is 1.46. The van der Waals surface area contributed by atoms with E-state index in [1.54, 1.807) is 0 Å². The number of nitrogens with zero attached hydrogens (tertiary/aromatic N) is 1. The summed E-state index contributed by atoms with van der Waals surface area (Å²) in [5.74, 6) is 1.45. The van der Waals surface area contributed by atoms with E-state index in [0.29, 0.717) is 28.6 Å². The first-order valence-corrected chi connectivity index (χ1v) is 9.36. The summed E-state index contributed by atoms with van der Waals surface area (Å²) < 4.78 is 6.65. The number of aromatic amines is 1. The number of hydrogen-bond donors (Lipinski definition) is 2. The van der Waals surface area contributed by atoms with Crippen LogP contribution < -0.4 is 10.9 Å². The van der Waals surface area contributed by atoms with Crippen LogP contribution in [0.5, 0.6) is 0 Å². The number of fused-ring (bicyclic) bond motifs is 4. The standard InChI is InChI=1S/C18H18BrN3O2/c19-10-5-6-14-11(8-10)15-16(24-14)18(23)22-17(21-15)13-7-9-3-1-2-4-12(9)20-13/h5-6,8-9,12-13,20H,1-4,7H2,(H,21,22,23)/t9?,12?,13-/m0/s1. The van der Waals surface area contributed by atoms with E-state index in [-0.39, 0.29) is 11.6 Å². The van der Waals surface area contributed by atoms with Gasteiger partial charge >= 0.3 is 0 Å². The highest BCUT2D eigenvalue weighted by atomic mass is 79.9. The number of aromatic nitrogens is 2. The zero-order valence-electron chi connectivity index (χ0n) is 13.1. The van der Waals surface area contributed by atoms with E-state index in [0.717, 1.165) is 22.1 Å². The quantitative estimate of drug-likeness (QED) is 0.661. The first kappa shape index (κ1) is 14.7. The van der Waals surface area contributed by atoms with Crippen LogP contribution in [0.15, 0.2) is 31.9 Å². The fourth-order valence-corrected chi connectivity index (χ4v) is 4.70. The topological polar surface area (TPSA) is 70.9 Å². The van der Waals surface area contributed by atoms with Crippen molar-refractivity contribution in [3.63, 3.8) is 0 Å². The highest BCUT2D eigenvalue weighted by molar-refractivity contribution is 9.10.